The van der Waals surface area contributed by atoms with E-state index < -0.39 is 0 Å². The molecule has 4 aliphatic heterocycles. The molecule has 4 saturated heterocycles. The quantitative estimate of drug-likeness (QED) is 0.0354. The van der Waals surface area contributed by atoms with E-state index in [9.17, 15) is 4.79 Å². The first-order valence-corrected chi connectivity index (χ1v) is 41.5. The zero-order valence-electron chi connectivity index (χ0n) is 70.8. The Bertz CT molecular complexity index is 5300. The molecule has 0 spiro atoms. The second-order valence-corrected chi connectivity index (χ2v) is 30.9. The second-order valence-electron chi connectivity index (χ2n) is 30.9. The Hall–Kier alpha value is -13.0. The average molecular weight is 1670 g/mol. The number of aryl methyl sites for hydroxylation is 8. The summed E-state index contributed by atoms with van der Waals surface area (Å²) in [4.78, 5) is 38.8. The largest absolute Gasteiger partial charge is 0.473 e. The summed E-state index contributed by atoms with van der Waals surface area (Å²) in [5.74, 6) is 5.07. The van der Waals surface area contributed by atoms with Gasteiger partial charge in [-0.15, -0.1) is 20.4 Å². The van der Waals surface area contributed by atoms with Crippen molar-refractivity contribution >= 4 is 23.0 Å². The van der Waals surface area contributed by atoms with Crippen LogP contribution in [0.5, 0.6) is 23.5 Å². The summed E-state index contributed by atoms with van der Waals surface area (Å²) in [6.45, 7) is 34.7. The van der Waals surface area contributed by atoms with Crippen molar-refractivity contribution in [3.8, 4) is 68.5 Å². The Labute approximate surface area is 714 Å². The fourth-order valence-electron chi connectivity index (χ4n) is 13.9. The van der Waals surface area contributed by atoms with E-state index in [-0.39, 0.29) is 30.9 Å². The van der Waals surface area contributed by atoms with Crippen LogP contribution >= 0.6 is 0 Å². The molecule has 31 nitrogen and oxygen atoms in total. The van der Waals surface area contributed by atoms with Crippen LogP contribution in [0.4, 0.5) is 0 Å². The summed E-state index contributed by atoms with van der Waals surface area (Å²) in [7, 11) is 0. The number of ether oxygens (including phenoxy) is 8. The first-order chi connectivity index (χ1) is 59.9. The molecule has 0 unspecified atom stereocenters. The molecule has 1 amide bonds. The smallest absolute Gasteiger partial charge is 0.272 e. The van der Waals surface area contributed by atoms with Crippen LogP contribution in [0.15, 0.2) is 166 Å². The van der Waals surface area contributed by atoms with Crippen molar-refractivity contribution in [3.63, 3.8) is 0 Å². The Morgan fingerprint density at radius 1 is 0.358 bits per heavy atom. The molecule has 5 fully saturated rings. The third-order valence-electron chi connectivity index (χ3n) is 21.6. The molecule has 123 heavy (non-hydrogen) atoms. The molecule has 31 heteroatoms. The first-order valence-electron chi connectivity index (χ1n) is 41.5. The minimum absolute atomic E-state index is 0.102. The lowest BCUT2D eigenvalue weighted by Gasteiger charge is -2.25. The highest BCUT2D eigenvalue weighted by Gasteiger charge is 2.34. The zero-order chi connectivity index (χ0) is 85.6. The van der Waals surface area contributed by atoms with Crippen LogP contribution in [0.1, 0.15) is 171 Å². The van der Waals surface area contributed by atoms with Gasteiger partial charge in [0, 0.05) is 211 Å². The summed E-state index contributed by atoms with van der Waals surface area (Å²) in [6.07, 6.45) is 20.5. The van der Waals surface area contributed by atoms with Crippen LogP contribution in [0.2, 0.25) is 0 Å². The van der Waals surface area contributed by atoms with Crippen molar-refractivity contribution in [1.82, 2.24) is 92.2 Å². The van der Waals surface area contributed by atoms with Crippen molar-refractivity contribution in [2.45, 2.75) is 176 Å². The average Bonchev–Trinajstić information content (AvgIpc) is 1.65. The van der Waals surface area contributed by atoms with Gasteiger partial charge in [0.05, 0.1) is 28.0 Å². The SMILES string of the molecule is C=C(NC1CCOCC1)c1ccc(OCc2c(-c3ccc(C)nc3)noc2C)nc1.C=C(NC1CCOCC1)c1ccc(OCc2c(-c3ccc(C)nc3)noc2C)nn1.C=C(NC1CCOCC1)c1ccc(OCc2c(-c3ccc(C)nc3)noc2C2CC2)nc1.Cc1ccc(-c2noc(C)c2COc2nnc(C(=O)NC3CCOCC3)cc2C)cn1. The highest BCUT2D eigenvalue weighted by Crippen LogP contribution is 2.44. The molecular weight excluding hydrogens is 1570 g/mol. The molecule has 0 radical (unpaired) electrons. The zero-order valence-corrected chi connectivity index (χ0v) is 70.8. The fraction of sp³-hybridized carbons (Fsp3) is 0.380. The molecule has 16 heterocycles. The van der Waals surface area contributed by atoms with Crippen molar-refractivity contribution in [1.29, 1.82) is 0 Å². The van der Waals surface area contributed by atoms with Gasteiger partial charge in [-0.3, -0.25) is 24.7 Å². The normalized spacial score (nSPS) is 15.0. The highest BCUT2D eigenvalue weighted by molar-refractivity contribution is 5.92. The van der Waals surface area contributed by atoms with Crippen molar-refractivity contribution in [2.24, 2.45) is 0 Å². The number of carbonyl (C=O) groups excluding carboxylic acids is 1. The van der Waals surface area contributed by atoms with Gasteiger partial charge in [0.1, 0.15) is 77.9 Å². The molecular formula is C92H104N18O13. The van der Waals surface area contributed by atoms with Gasteiger partial charge in [-0.05, 0) is 192 Å². The van der Waals surface area contributed by atoms with Crippen molar-refractivity contribution in [3.05, 3.63) is 244 Å². The predicted octanol–water partition coefficient (Wildman–Crippen LogP) is 15.1. The Morgan fingerprint density at radius 3 is 1.08 bits per heavy atom. The number of nitrogens with zero attached hydrogens (tertiary/aromatic N) is 14. The van der Waals surface area contributed by atoms with E-state index in [2.05, 4.69) is 112 Å². The monoisotopic (exact) mass is 1670 g/mol. The Morgan fingerprint density at radius 2 is 0.715 bits per heavy atom. The van der Waals surface area contributed by atoms with E-state index in [4.69, 9.17) is 56.0 Å². The van der Waals surface area contributed by atoms with Crippen LogP contribution in [-0.2, 0) is 45.4 Å². The van der Waals surface area contributed by atoms with E-state index in [1.807, 2.05) is 140 Å². The topological polar surface area (TPSA) is 372 Å². The summed E-state index contributed by atoms with van der Waals surface area (Å²) < 4.78 is 67.0. The molecule has 1 aliphatic carbocycles. The Balaban J connectivity index is 0.000000134. The number of amides is 1. The van der Waals surface area contributed by atoms with E-state index in [0.717, 1.165) is 234 Å². The summed E-state index contributed by atoms with van der Waals surface area (Å²) in [5.41, 5.74) is 19.9. The lowest BCUT2D eigenvalue weighted by Crippen LogP contribution is -2.39. The molecule has 12 aromatic heterocycles. The van der Waals surface area contributed by atoms with Gasteiger partial charge in [-0.25, -0.2) is 9.97 Å². The van der Waals surface area contributed by atoms with Crippen molar-refractivity contribution in [2.75, 3.05) is 52.9 Å². The minimum Gasteiger partial charge on any atom is -0.473 e. The number of carbonyl (C=O) groups is 1. The molecule has 0 bridgehead atoms. The van der Waals surface area contributed by atoms with E-state index in [0.29, 0.717) is 96.9 Å². The highest BCUT2D eigenvalue weighted by atomic mass is 16.5. The molecule has 17 rings (SSSR count). The number of nitrogens with one attached hydrogen (secondary N) is 4. The van der Waals surface area contributed by atoms with Gasteiger partial charge in [0.2, 0.25) is 23.5 Å². The molecule has 0 aromatic carbocycles. The van der Waals surface area contributed by atoms with Gasteiger partial charge in [0.15, 0.2) is 5.69 Å². The fourth-order valence-corrected chi connectivity index (χ4v) is 13.9. The van der Waals surface area contributed by atoms with Crippen LogP contribution in [-0.4, -0.2) is 154 Å². The third-order valence-corrected chi connectivity index (χ3v) is 21.6. The predicted molar refractivity (Wildman–Crippen MR) is 458 cm³/mol. The van der Waals surface area contributed by atoms with Crippen LogP contribution < -0.4 is 40.2 Å². The van der Waals surface area contributed by atoms with Gasteiger partial charge in [-0.2, -0.15) is 0 Å². The van der Waals surface area contributed by atoms with E-state index in [1.165, 1.54) is 0 Å². The van der Waals surface area contributed by atoms with Gasteiger partial charge < -0.3 is 77.3 Å². The second kappa shape index (κ2) is 42.0. The summed E-state index contributed by atoms with van der Waals surface area (Å²) in [5, 5.41) is 46.7. The number of hydrogen-bond donors (Lipinski definition) is 4. The number of rotatable bonds is 28. The number of pyridine rings is 6. The minimum atomic E-state index is -0.238. The maximum atomic E-state index is 12.5. The number of aromatic nitrogens is 14. The molecule has 5 aliphatic rings. The third kappa shape index (κ3) is 23.8. The summed E-state index contributed by atoms with van der Waals surface area (Å²) in [6, 6.07) is 29.9. The first kappa shape index (κ1) is 86.4. The lowest BCUT2D eigenvalue weighted by molar-refractivity contribution is 0.0693. The van der Waals surface area contributed by atoms with E-state index in [1.54, 1.807) is 43.1 Å². The van der Waals surface area contributed by atoms with Crippen LogP contribution in [0.3, 0.4) is 0 Å². The molecule has 1 saturated carbocycles. The maximum Gasteiger partial charge on any atom is 0.272 e. The molecule has 12 aromatic rings. The van der Waals surface area contributed by atoms with Crippen molar-refractivity contribution < 1.29 is 60.8 Å². The van der Waals surface area contributed by atoms with Crippen LogP contribution in [0.25, 0.3) is 62.1 Å². The van der Waals surface area contributed by atoms with Gasteiger partial charge in [-0.1, -0.05) is 40.4 Å². The lowest BCUT2D eigenvalue weighted by atomic mass is 10.1. The summed E-state index contributed by atoms with van der Waals surface area (Å²) >= 11 is 0. The maximum absolute atomic E-state index is 12.5. The number of hydrogen-bond acceptors (Lipinski definition) is 30. The molecule has 4 N–H and O–H groups in total. The van der Waals surface area contributed by atoms with E-state index >= 15 is 0 Å². The molecule has 640 valence electrons. The Kier molecular flexibility index (Phi) is 29.5. The van der Waals surface area contributed by atoms with Gasteiger partial charge in [0.25, 0.3) is 5.91 Å². The van der Waals surface area contributed by atoms with Gasteiger partial charge >= 0.3 is 0 Å². The molecule has 0 atom stereocenters. The standard InChI is InChI=1S/C25H28N4O3.C23H26N4O3.C22H25N5O4.C22H25N5O3/c1-16-3-4-20(14-26-16)24-22(25(32-29-24)18-5-6-18)15-31-23-8-7-19(13-27-23)17(2)28-21-9-11-30-12-10-21;1-15-4-5-19(13-24-15)23-21(17(3)30-27-23)14-29-22-7-6-18(12-25-22)16(2)26-20-8-10-28-11-9-20;1-13-10-19(21(28)24-17-6-8-29-9-7-17)25-26-22(13)30-12-18-15(3)31-27-20(18)16-5-4-14(2)23-11-16;1-14-4-5-17(12-23-14)22-19(16(3)30-27-22)13-29-21-7-6-20(25-26-21)15(2)24-18-8-10-28-11-9-18/h3-4,7-8,13-14,18,21,28H,2,5-6,9-12,15H2,1H3;4-7,12-13,20,26H,2,8-11,14H2,1,3H3;4-5,10-11,17H,6-9,12H2,1-3H3,(H,24,28);4-7,12,18,24H,2,8-11,13H2,1,3H3. The van der Waals surface area contributed by atoms with Crippen LogP contribution in [0, 0.1) is 55.4 Å².